The van der Waals surface area contributed by atoms with Crippen LogP contribution in [0.3, 0.4) is 0 Å². The molecule has 0 radical (unpaired) electrons. The number of hydrazone groups is 1. The van der Waals surface area contributed by atoms with Crippen molar-refractivity contribution < 1.29 is 18.7 Å². The van der Waals surface area contributed by atoms with E-state index in [2.05, 4.69) is 17.3 Å². The van der Waals surface area contributed by atoms with Crippen molar-refractivity contribution in [2.24, 2.45) is 28.8 Å². The minimum absolute atomic E-state index is 0.142. The summed E-state index contributed by atoms with van der Waals surface area (Å²) in [6.45, 7) is 0.250. The van der Waals surface area contributed by atoms with Gasteiger partial charge in [-0.05, 0) is 52.8 Å². The van der Waals surface area contributed by atoms with Crippen LogP contribution >= 0.6 is 0 Å². The number of halogens is 1. The zero-order valence-corrected chi connectivity index (χ0v) is 17.7. The number of amides is 2. The number of hydrogen-bond donors (Lipinski definition) is 0. The van der Waals surface area contributed by atoms with E-state index in [1.54, 1.807) is 18.3 Å². The van der Waals surface area contributed by atoms with Gasteiger partial charge in [-0.3, -0.25) is 9.59 Å². The van der Waals surface area contributed by atoms with Crippen molar-refractivity contribution in [3.8, 4) is 5.75 Å². The van der Waals surface area contributed by atoms with E-state index < -0.39 is 0 Å². The summed E-state index contributed by atoms with van der Waals surface area (Å²) >= 11 is 0. The molecule has 3 aliphatic rings. The van der Waals surface area contributed by atoms with Gasteiger partial charge in [0.2, 0.25) is 0 Å². The number of imide groups is 1. The van der Waals surface area contributed by atoms with E-state index in [4.69, 9.17) is 4.74 Å². The van der Waals surface area contributed by atoms with E-state index >= 15 is 0 Å². The molecule has 0 spiro atoms. The number of benzene rings is 3. The summed E-state index contributed by atoms with van der Waals surface area (Å²) in [5, 5.41) is 7.31. The number of fused-ring (bicyclic) bond motifs is 6. The third-order valence-electron chi connectivity index (χ3n) is 6.99. The molecule has 1 saturated carbocycles. The van der Waals surface area contributed by atoms with E-state index in [0.717, 1.165) is 27.8 Å². The minimum Gasteiger partial charge on any atom is -0.488 e. The molecule has 2 amide bonds. The third-order valence-corrected chi connectivity index (χ3v) is 6.99. The fourth-order valence-corrected chi connectivity index (χ4v) is 5.39. The normalized spacial score (nSPS) is 25.5. The van der Waals surface area contributed by atoms with E-state index in [0.29, 0.717) is 11.3 Å². The molecule has 1 heterocycles. The Labute approximate surface area is 190 Å². The van der Waals surface area contributed by atoms with E-state index in [1.807, 2.05) is 36.4 Å². The molecular weight excluding hydrogens is 419 g/mol. The van der Waals surface area contributed by atoms with Gasteiger partial charge in [0.1, 0.15) is 18.2 Å². The van der Waals surface area contributed by atoms with Gasteiger partial charge in [-0.1, -0.05) is 54.6 Å². The van der Waals surface area contributed by atoms with Gasteiger partial charge in [-0.2, -0.15) is 10.1 Å². The van der Waals surface area contributed by atoms with Crippen molar-refractivity contribution in [3.05, 3.63) is 89.8 Å². The van der Waals surface area contributed by atoms with Crippen molar-refractivity contribution in [3.63, 3.8) is 0 Å². The fourth-order valence-electron chi connectivity index (χ4n) is 5.39. The average Bonchev–Trinajstić information content (AvgIpc) is 3.52. The van der Waals surface area contributed by atoms with Gasteiger partial charge in [-0.25, -0.2) is 4.39 Å². The maximum atomic E-state index is 13.2. The highest BCUT2D eigenvalue weighted by Gasteiger charge is 2.59. The maximum Gasteiger partial charge on any atom is 0.254 e. The molecular formula is C27H21FN2O3. The lowest BCUT2D eigenvalue weighted by atomic mass is 9.85. The molecule has 3 aromatic carbocycles. The van der Waals surface area contributed by atoms with Crippen LogP contribution in [0.4, 0.5) is 4.39 Å². The standard InChI is InChI=1S/C27H21FN2O3/c28-20-10-5-16(6-11-20)15-33-23-12-9-17-3-1-2-4-21(17)22(23)14-29-30-26(31)24-18-7-8-19(13-18)25(24)27(30)32/h1-12,14,18-19,24-25H,13,15H2/t18-,19-,24-,25+/m0/s1. The van der Waals surface area contributed by atoms with E-state index in [1.165, 1.54) is 12.1 Å². The van der Waals surface area contributed by atoms with Crippen LogP contribution in [-0.2, 0) is 16.2 Å². The van der Waals surface area contributed by atoms with Crippen LogP contribution in [0, 0.1) is 29.5 Å². The van der Waals surface area contributed by atoms with Crippen LogP contribution in [0.25, 0.3) is 10.8 Å². The van der Waals surface area contributed by atoms with Crippen LogP contribution in [0.5, 0.6) is 5.75 Å². The highest BCUT2D eigenvalue weighted by atomic mass is 19.1. The van der Waals surface area contributed by atoms with Gasteiger partial charge in [0.15, 0.2) is 0 Å². The smallest absolute Gasteiger partial charge is 0.254 e. The third kappa shape index (κ3) is 3.25. The largest absolute Gasteiger partial charge is 0.488 e. The molecule has 4 atom stereocenters. The van der Waals surface area contributed by atoms with E-state index in [9.17, 15) is 14.0 Å². The number of nitrogens with zero attached hydrogens (tertiary/aromatic N) is 2. The van der Waals surface area contributed by atoms with Crippen molar-refractivity contribution in [1.82, 2.24) is 5.01 Å². The molecule has 0 N–H and O–H groups in total. The second-order valence-electron chi connectivity index (χ2n) is 8.85. The molecule has 1 aliphatic heterocycles. The van der Waals surface area contributed by atoms with Crippen molar-refractivity contribution in [2.45, 2.75) is 13.0 Å². The van der Waals surface area contributed by atoms with Crippen molar-refractivity contribution in [2.75, 3.05) is 0 Å². The molecule has 164 valence electrons. The van der Waals surface area contributed by atoms with Gasteiger partial charge >= 0.3 is 0 Å². The molecule has 33 heavy (non-hydrogen) atoms. The number of carbonyl (C=O) groups is 2. The molecule has 2 bridgehead atoms. The number of rotatable bonds is 5. The summed E-state index contributed by atoms with van der Waals surface area (Å²) in [7, 11) is 0. The predicted molar refractivity (Wildman–Crippen MR) is 122 cm³/mol. The van der Waals surface area contributed by atoms with Crippen LogP contribution in [-0.4, -0.2) is 23.0 Å². The Hall–Kier alpha value is -3.80. The Morgan fingerprint density at radius 3 is 2.36 bits per heavy atom. The average molecular weight is 440 g/mol. The lowest BCUT2D eigenvalue weighted by molar-refractivity contribution is -0.140. The Bertz CT molecular complexity index is 1300. The summed E-state index contributed by atoms with van der Waals surface area (Å²) in [5.41, 5.74) is 1.52. The number of allylic oxidation sites excluding steroid dienone is 2. The van der Waals surface area contributed by atoms with Gasteiger partial charge < -0.3 is 4.74 Å². The quantitative estimate of drug-likeness (QED) is 0.328. The molecule has 2 aliphatic carbocycles. The zero-order valence-electron chi connectivity index (χ0n) is 17.7. The summed E-state index contributed by atoms with van der Waals surface area (Å²) in [4.78, 5) is 26.0. The summed E-state index contributed by atoms with van der Waals surface area (Å²) in [6.07, 6.45) is 6.57. The monoisotopic (exact) mass is 440 g/mol. The van der Waals surface area contributed by atoms with Gasteiger partial charge in [0.25, 0.3) is 11.8 Å². The lowest BCUT2D eigenvalue weighted by Crippen LogP contribution is -2.28. The molecule has 6 heteroatoms. The molecule has 3 aromatic rings. The minimum atomic E-state index is -0.300. The first kappa shape index (κ1) is 19.9. The van der Waals surface area contributed by atoms with Crippen LogP contribution in [0.1, 0.15) is 17.5 Å². The molecule has 0 aromatic heterocycles. The Morgan fingerprint density at radius 1 is 0.939 bits per heavy atom. The van der Waals surface area contributed by atoms with Gasteiger partial charge in [0, 0.05) is 5.56 Å². The topological polar surface area (TPSA) is 59.0 Å². The van der Waals surface area contributed by atoms with Crippen molar-refractivity contribution >= 4 is 28.8 Å². The molecule has 6 rings (SSSR count). The first-order valence-corrected chi connectivity index (χ1v) is 11.1. The molecule has 5 nitrogen and oxygen atoms in total. The lowest BCUT2D eigenvalue weighted by Gasteiger charge is -2.14. The second-order valence-corrected chi connectivity index (χ2v) is 8.85. The number of carbonyl (C=O) groups excluding carboxylic acids is 2. The van der Waals surface area contributed by atoms with Gasteiger partial charge in [0.05, 0.1) is 18.1 Å². The highest BCUT2D eigenvalue weighted by molar-refractivity contribution is 6.08. The fraction of sp³-hybridized carbons (Fsp3) is 0.222. The molecule has 2 fully saturated rings. The predicted octanol–water partition coefficient (Wildman–Crippen LogP) is 4.70. The summed E-state index contributed by atoms with van der Waals surface area (Å²) in [5.74, 6) is -0.446. The van der Waals surface area contributed by atoms with Crippen LogP contribution in [0.2, 0.25) is 0 Å². The number of hydrogen-bond acceptors (Lipinski definition) is 4. The second kappa shape index (κ2) is 7.66. The summed E-state index contributed by atoms with van der Waals surface area (Å²) in [6, 6.07) is 17.7. The zero-order chi connectivity index (χ0) is 22.5. The summed E-state index contributed by atoms with van der Waals surface area (Å²) < 4.78 is 19.3. The first-order chi connectivity index (χ1) is 16.1. The molecule has 0 unspecified atom stereocenters. The van der Waals surface area contributed by atoms with Crippen LogP contribution < -0.4 is 4.74 Å². The van der Waals surface area contributed by atoms with Gasteiger partial charge in [-0.15, -0.1) is 0 Å². The SMILES string of the molecule is O=C1[C@@H]2[C@H](C(=O)N1N=Cc1c(OCc3ccc(F)cc3)ccc3ccccc13)[C@H]1C=C[C@H]2C1. The van der Waals surface area contributed by atoms with Crippen LogP contribution in [0.15, 0.2) is 77.9 Å². The molecule has 1 saturated heterocycles. The van der Waals surface area contributed by atoms with E-state index in [-0.39, 0.29) is 47.9 Å². The maximum absolute atomic E-state index is 13.2. The highest BCUT2D eigenvalue weighted by Crippen LogP contribution is 2.52. The Balaban J connectivity index is 1.32. The first-order valence-electron chi connectivity index (χ1n) is 11.1. The van der Waals surface area contributed by atoms with Crippen molar-refractivity contribution in [1.29, 1.82) is 0 Å². The Morgan fingerprint density at radius 2 is 1.64 bits per heavy atom. The Kier molecular flexibility index (Phi) is 4.61. The number of ether oxygens (including phenoxy) is 1.